The summed E-state index contributed by atoms with van der Waals surface area (Å²) in [6.07, 6.45) is 3.72. The molecule has 3 aromatic rings. The van der Waals surface area contributed by atoms with Crippen molar-refractivity contribution in [3.8, 4) is 0 Å². The van der Waals surface area contributed by atoms with Crippen LogP contribution in [0.3, 0.4) is 0 Å². The van der Waals surface area contributed by atoms with Crippen LogP contribution in [0.4, 0.5) is 11.4 Å². The minimum atomic E-state index is -0.0544. The number of nitrogens with one attached hydrogen (secondary N) is 1. The number of carbonyl (C=O) groups is 1. The van der Waals surface area contributed by atoms with Gasteiger partial charge in [0.05, 0.1) is 11.4 Å². The lowest BCUT2D eigenvalue weighted by atomic mass is 10.0. The van der Waals surface area contributed by atoms with E-state index in [1.165, 1.54) is 19.3 Å². The average molecular weight is 330 g/mol. The third kappa shape index (κ3) is 3.22. The van der Waals surface area contributed by atoms with Crippen LogP contribution in [0.25, 0.3) is 10.8 Å². The second kappa shape index (κ2) is 6.98. The van der Waals surface area contributed by atoms with Crippen molar-refractivity contribution in [1.82, 2.24) is 0 Å². The van der Waals surface area contributed by atoms with Crippen LogP contribution in [0.5, 0.6) is 0 Å². The molecule has 0 unspecified atom stereocenters. The second-order valence-electron chi connectivity index (χ2n) is 6.55. The molecule has 0 radical (unpaired) electrons. The Labute approximate surface area is 148 Å². The van der Waals surface area contributed by atoms with Crippen molar-refractivity contribution in [2.45, 2.75) is 19.3 Å². The number of fused-ring (bicyclic) bond motifs is 1. The van der Waals surface area contributed by atoms with Gasteiger partial charge in [-0.1, -0.05) is 48.5 Å². The van der Waals surface area contributed by atoms with E-state index in [4.69, 9.17) is 0 Å². The van der Waals surface area contributed by atoms with Crippen molar-refractivity contribution in [1.29, 1.82) is 0 Å². The molecule has 0 spiro atoms. The van der Waals surface area contributed by atoms with Crippen molar-refractivity contribution in [3.05, 3.63) is 72.3 Å². The van der Waals surface area contributed by atoms with Crippen LogP contribution in [0.2, 0.25) is 0 Å². The fourth-order valence-corrected chi connectivity index (χ4v) is 3.60. The number of hydrogen-bond donors (Lipinski definition) is 1. The summed E-state index contributed by atoms with van der Waals surface area (Å²) < 4.78 is 0. The van der Waals surface area contributed by atoms with Crippen molar-refractivity contribution in [2.24, 2.45) is 0 Å². The van der Waals surface area contributed by atoms with E-state index < -0.39 is 0 Å². The van der Waals surface area contributed by atoms with Crippen LogP contribution in [0.15, 0.2) is 66.7 Å². The number of nitrogens with zero attached hydrogens (tertiary/aromatic N) is 1. The summed E-state index contributed by atoms with van der Waals surface area (Å²) in [5.41, 5.74) is 2.73. The van der Waals surface area contributed by atoms with E-state index in [-0.39, 0.29) is 5.91 Å². The number of rotatable bonds is 3. The number of piperidine rings is 1. The van der Waals surface area contributed by atoms with E-state index in [0.717, 1.165) is 35.2 Å². The molecule has 0 bridgehead atoms. The number of carbonyl (C=O) groups excluding carboxylic acids is 1. The third-order valence-electron chi connectivity index (χ3n) is 4.88. The molecule has 0 saturated carbocycles. The van der Waals surface area contributed by atoms with Gasteiger partial charge in [0, 0.05) is 18.7 Å². The number of anilines is 2. The molecule has 0 aromatic heterocycles. The van der Waals surface area contributed by atoms with E-state index in [1.807, 2.05) is 60.7 Å². The van der Waals surface area contributed by atoms with Crippen LogP contribution in [-0.2, 0) is 0 Å². The molecule has 1 aliphatic heterocycles. The highest BCUT2D eigenvalue weighted by Crippen LogP contribution is 2.29. The molecular formula is C22H22N2O. The first-order valence-corrected chi connectivity index (χ1v) is 8.96. The first kappa shape index (κ1) is 15.7. The van der Waals surface area contributed by atoms with Gasteiger partial charge in [0.15, 0.2) is 0 Å². The molecule has 3 aromatic carbocycles. The monoisotopic (exact) mass is 330 g/mol. The number of hydrogen-bond acceptors (Lipinski definition) is 2. The van der Waals surface area contributed by atoms with E-state index in [9.17, 15) is 4.79 Å². The lowest BCUT2D eigenvalue weighted by Crippen LogP contribution is -2.30. The first-order chi connectivity index (χ1) is 12.3. The molecule has 0 aliphatic carbocycles. The molecule has 1 heterocycles. The molecular weight excluding hydrogens is 308 g/mol. The van der Waals surface area contributed by atoms with Gasteiger partial charge in [-0.3, -0.25) is 4.79 Å². The molecule has 3 heteroatoms. The molecule has 1 amide bonds. The third-order valence-corrected chi connectivity index (χ3v) is 4.88. The van der Waals surface area contributed by atoms with E-state index >= 15 is 0 Å². The summed E-state index contributed by atoms with van der Waals surface area (Å²) in [4.78, 5) is 15.3. The summed E-state index contributed by atoms with van der Waals surface area (Å²) in [5, 5.41) is 5.20. The van der Waals surface area contributed by atoms with Gasteiger partial charge < -0.3 is 10.2 Å². The van der Waals surface area contributed by atoms with Gasteiger partial charge in [-0.15, -0.1) is 0 Å². The molecule has 0 atom stereocenters. The first-order valence-electron chi connectivity index (χ1n) is 8.96. The topological polar surface area (TPSA) is 32.3 Å². The largest absolute Gasteiger partial charge is 0.370 e. The van der Waals surface area contributed by atoms with Crippen molar-refractivity contribution in [3.63, 3.8) is 0 Å². The summed E-state index contributed by atoms with van der Waals surface area (Å²) in [6.45, 7) is 2.11. The number of benzene rings is 3. The molecule has 25 heavy (non-hydrogen) atoms. The van der Waals surface area contributed by atoms with Crippen molar-refractivity contribution < 1.29 is 4.79 Å². The van der Waals surface area contributed by atoms with Gasteiger partial charge in [0.25, 0.3) is 5.91 Å². The van der Waals surface area contributed by atoms with Crippen LogP contribution in [0, 0.1) is 0 Å². The summed E-state index contributed by atoms with van der Waals surface area (Å²) >= 11 is 0. The fraction of sp³-hybridized carbons (Fsp3) is 0.227. The highest BCUT2D eigenvalue weighted by molar-refractivity contribution is 6.13. The van der Waals surface area contributed by atoms with Gasteiger partial charge in [-0.05, 0) is 48.2 Å². The standard InChI is InChI=1S/C22H22N2O/c25-22(19-12-8-10-17-9-2-3-11-18(17)19)23-20-13-4-5-14-21(20)24-15-6-1-7-16-24/h2-5,8-14H,1,6-7,15-16H2,(H,23,25). The lowest BCUT2D eigenvalue weighted by molar-refractivity contribution is 0.102. The zero-order valence-corrected chi connectivity index (χ0v) is 14.2. The van der Waals surface area contributed by atoms with Crippen LogP contribution in [-0.4, -0.2) is 19.0 Å². The molecule has 126 valence electrons. The summed E-state index contributed by atoms with van der Waals surface area (Å²) in [7, 11) is 0. The Kier molecular flexibility index (Phi) is 4.38. The maximum Gasteiger partial charge on any atom is 0.256 e. The Balaban J connectivity index is 1.65. The summed E-state index contributed by atoms with van der Waals surface area (Å²) in [5.74, 6) is -0.0544. The Hall–Kier alpha value is -2.81. The summed E-state index contributed by atoms with van der Waals surface area (Å²) in [6, 6.07) is 22.0. The van der Waals surface area contributed by atoms with E-state index in [0.29, 0.717) is 5.56 Å². The van der Waals surface area contributed by atoms with Gasteiger partial charge in [0.1, 0.15) is 0 Å². The molecule has 1 aliphatic rings. The van der Waals surface area contributed by atoms with Gasteiger partial charge in [-0.2, -0.15) is 0 Å². The van der Waals surface area contributed by atoms with Gasteiger partial charge in [-0.25, -0.2) is 0 Å². The molecule has 1 saturated heterocycles. The maximum absolute atomic E-state index is 12.9. The molecule has 4 rings (SSSR count). The maximum atomic E-state index is 12.9. The molecule has 1 fully saturated rings. The fourth-order valence-electron chi connectivity index (χ4n) is 3.60. The Morgan fingerprint density at radius 3 is 2.40 bits per heavy atom. The van der Waals surface area contributed by atoms with Crippen molar-refractivity contribution in [2.75, 3.05) is 23.3 Å². The molecule has 1 N–H and O–H groups in total. The minimum Gasteiger partial charge on any atom is -0.370 e. The normalized spacial score (nSPS) is 14.5. The average Bonchev–Trinajstić information content (AvgIpc) is 2.68. The van der Waals surface area contributed by atoms with Crippen LogP contribution >= 0.6 is 0 Å². The van der Waals surface area contributed by atoms with Crippen LogP contribution in [0.1, 0.15) is 29.6 Å². The quantitative estimate of drug-likeness (QED) is 0.726. The lowest BCUT2D eigenvalue weighted by Gasteiger charge is -2.30. The smallest absolute Gasteiger partial charge is 0.256 e. The van der Waals surface area contributed by atoms with Gasteiger partial charge in [0.2, 0.25) is 0 Å². The van der Waals surface area contributed by atoms with E-state index in [1.54, 1.807) is 0 Å². The Morgan fingerprint density at radius 1 is 0.800 bits per heavy atom. The minimum absolute atomic E-state index is 0.0544. The number of amides is 1. The number of para-hydroxylation sites is 2. The van der Waals surface area contributed by atoms with Crippen molar-refractivity contribution >= 4 is 28.1 Å². The Morgan fingerprint density at radius 2 is 1.52 bits per heavy atom. The zero-order chi connectivity index (χ0) is 17.1. The highest BCUT2D eigenvalue weighted by Gasteiger charge is 2.16. The molecule has 3 nitrogen and oxygen atoms in total. The second-order valence-corrected chi connectivity index (χ2v) is 6.55. The highest BCUT2D eigenvalue weighted by atomic mass is 16.1. The zero-order valence-electron chi connectivity index (χ0n) is 14.2. The predicted molar refractivity (Wildman–Crippen MR) is 104 cm³/mol. The Bertz CT molecular complexity index is 892. The van der Waals surface area contributed by atoms with E-state index in [2.05, 4.69) is 16.3 Å². The predicted octanol–water partition coefficient (Wildman–Crippen LogP) is 5.08. The van der Waals surface area contributed by atoms with Crippen LogP contribution < -0.4 is 10.2 Å². The van der Waals surface area contributed by atoms with Gasteiger partial charge >= 0.3 is 0 Å². The SMILES string of the molecule is O=C(Nc1ccccc1N1CCCCC1)c1cccc2ccccc12.